The first-order valence-electron chi connectivity index (χ1n) is 18.2. The van der Waals surface area contributed by atoms with Gasteiger partial charge in [0.15, 0.2) is 0 Å². The normalized spacial score (nSPS) is 35.1. The third kappa shape index (κ3) is 8.08. The van der Waals surface area contributed by atoms with Crippen LogP contribution in [-0.2, 0) is 0 Å². The minimum Gasteiger partial charge on any atom is -0.374 e. The zero-order chi connectivity index (χ0) is 28.4. The Balaban J connectivity index is 0.000000101. The summed E-state index contributed by atoms with van der Waals surface area (Å²) in [6.07, 6.45) is 22.9. The first-order valence-corrected chi connectivity index (χ1v) is 18.2. The Hall–Kier alpha value is -1.67. The highest BCUT2D eigenvalue weighted by molar-refractivity contribution is 5.86. The van der Waals surface area contributed by atoms with Crippen LogP contribution in [0.3, 0.4) is 0 Å². The van der Waals surface area contributed by atoms with Gasteiger partial charge in [-0.1, -0.05) is 0 Å². The molecule has 0 bridgehead atoms. The fourth-order valence-corrected chi connectivity index (χ4v) is 8.94. The number of fused-ring (bicyclic) bond motifs is 3. The third-order valence-corrected chi connectivity index (χ3v) is 11.1. The minimum absolute atomic E-state index is 0.794. The third-order valence-electron chi connectivity index (χ3n) is 11.1. The van der Waals surface area contributed by atoms with Crippen LogP contribution < -0.4 is 16.0 Å². The molecule has 42 heavy (non-hydrogen) atoms. The molecule has 9 aliphatic heterocycles. The number of aliphatic imine (C=N–C) groups is 3. The van der Waals surface area contributed by atoms with Crippen LogP contribution in [-0.4, -0.2) is 98.9 Å². The zero-order valence-electron chi connectivity index (χ0n) is 26.5. The lowest BCUT2D eigenvalue weighted by Crippen LogP contribution is -2.50. The lowest BCUT2D eigenvalue weighted by molar-refractivity contribution is 0.0121. The largest absolute Gasteiger partial charge is 0.374 e. The number of piperidine rings is 5. The molecule has 0 aromatic carbocycles. The molecule has 8 heteroatoms. The van der Waals surface area contributed by atoms with Crippen molar-refractivity contribution in [3.8, 4) is 0 Å². The van der Waals surface area contributed by atoms with E-state index in [4.69, 9.17) is 0 Å². The van der Waals surface area contributed by atoms with Crippen molar-refractivity contribution in [1.29, 1.82) is 0 Å². The Morgan fingerprint density at radius 3 is 1.19 bits per heavy atom. The van der Waals surface area contributed by atoms with Crippen molar-refractivity contribution >= 4 is 17.5 Å². The highest BCUT2D eigenvalue weighted by atomic mass is 15.4. The van der Waals surface area contributed by atoms with Gasteiger partial charge < -0.3 is 16.0 Å². The van der Waals surface area contributed by atoms with Crippen LogP contribution in [0.2, 0.25) is 0 Å². The SMILES string of the molecule is C1CC2CCCN3CCN(C1)C23.C1CN=C2NCCCC2C1.C1CN=C2NCCCC2C1.C1CN=C2NCCCC2C1. The van der Waals surface area contributed by atoms with Crippen molar-refractivity contribution in [2.45, 2.75) is 109 Å². The van der Waals surface area contributed by atoms with Crippen molar-refractivity contribution in [2.75, 3.05) is 65.4 Å². The van der Waals surface area contributed by atoms with Gasteiger partial charge in [-0.15, -0.1) is 0 Å². The zero-order valence-corrected chi connectivity index (χ0v) is 26.5. The van der Waals surface area contributed by atoms with Crippen molar-refractivity contribution in [1.82, 2.24) is 25.8 Å². The van der Waals surface area contributed by atoms with Crippen molar-refractivity contribution in [3.05, 3.63) is 0 Å². The Labute approximate surface area is 256 Å². The van der Waals surface area contributed by atoms with Gasteiger partial charge >= 0.3 is 0 Å². The molecule has 8 nitrogen and oxygen atoms in total. The van der Waals surface area contributed by atoms with E-state index in [9.17, 15) is 0 Å². The fourth-order valence-electron chi connectivity index (χ4n) is 8.94. The molecule has 3 atom stereocenters. The van der Waals surface area contributed by atoms with Crippen LogP contribution >= 0.6 is 0 Å². The summed E-state index contributed by atoms with van der Waals surface area (Å²) in [6, 6.07) is 0. The number of hydrogen-bond donors (Lipinski definition) is 3. The minimum atomic E-state index is 0.794. The van der Waals surface area contributed by atoms with Gasteiger partial charge in [-0.3, -0.25) is 24.8 Å². The topological polar surface area (TPSA) is 79.7 Å². The molecule has 0 spiro atoms. The molecule has 0 aromatic rings. The lowest BCUT2D eigenvalue weighted by Gasteiger charge is -2.43. The number of nitrogens with zero attached hydrogens (tertiary/aromatic N) is 5. The molecule has 6 fully saturated rings. The Kier molecular flexibility index (Phi) is 11.5. The number of rotatable bonds is 0. The second kappa shape index (κ2) is 15.9. The van der Waals surface area contributed by atoms with E-state index in [1.165, 1.54) is 146 Å². The lowest BCUT2D eigenvalue weighted by atomic mass is 9.87. The Morgan fingerprint density at radius 2 is 0.810 bits per heavy atom. The summed E-state index contributed by atoms with van der Waals surface area (Å²) in [7, 11) is 0. The first kappa shape index (κ1) is 30.4. The van der Waals surface area contributed by atoms with E-state index in [1.807, 2.05) is 0 Å². The first-order chi connectivity index (χ1) is 20.8. The van der Waals surface area contributed by atoms with Crippen LogP contribution in [0, 0.1) is 23.7 Å². The van der Waals surface area contributed by atoms with Gasteiger partial charge in [-0.2, -0.15) is 0 Å². The summed E-state index contributed by atoms with van der Waals surface area (Å²) in [5.74, 6) is 7.31. The smallest absolute Gasteiger partial charge is 0.0994 e. The molecule has 0 saturated carbocycles. The Bertz CT molecular complexity index is 827. The second-order valence-corrected chi connectivity index (χ2v) is 14.1. The van der Waals surface area contributed by atoms with Crippen LogP contribution in [0.15, 0.2) is 15.0 Å². The van der Waals surface area contributed by atoms with Gasteiger partial charge in [0.1, 0.15) is 0 Å². The molecule has 0 amide bonds. The highest BCUT2D eigenvalue weighted by Gasteiger charge is 2.41. The van der Waals surface area contributed by atoms with Crippen LogP contribution in [0.1, 0.15) is 103 Å². The summed E-state index contributed by atoms with van der Waals surface area (Å²) in [4.78, 5) is 18.8. The summed E-state index contributed by atoms with van der Waals surface area (Å²) < 4.78 is 0. The molecule has 0 aliphatic carbocycles. The van der Waals surface area contributed by atoms with E-state index in [-0.39, 0.29) is 0 Å². The van der Waals surface area contributed by atoms with Gasteiger partial charge in [0.25, 0.3) is 0 Å². The van der Waals surface area contributed by atoms with Crippen LogP contribution in [0.25, 0.3) is 0 Å². The molecular formula is C34H60N8. The average Bonchev–Trinajstić information content (AvgIpc) is 3.51. The maximum Gasteiger partial charge on any atom is 0.0994 e. The maximum absolute atomic E-state index is 4.46. The van der Waals surface area contributed by atoms with Crippen LogP contribution in [0.5, 0.6) is 0 Å². The van der Waals surface area contributed by atoms with E-state index in [0.717, 1.165) is 69.1 Å². The maximum atomic E-state index is 4.46. The fraction of sp³-hybridized carbons (Fsp3) is 0.912. The molecule has 236 valence electrons. The van der Waals surface area contributed by atoms with Gasteiger partial charge in [-0.25, -0.2) is 0 Å². The molecule has 9 aliphatic rings. The van der Waals surface area contributed by atoms with Gasteiger partial charge in [0.05, 0.1) is 23.7 Å². The van der Waals surface area contributed by atoms with Gasteiger partial charge in [0, 0.05) is 70.1 Å². The molecule has 0 aromatic heterocycles. The van der Waals surface area contributed by atoms with Crippen LogP contribution in [0.4, 0.5) is 0 Å². The van der Waals surface area contributed by atoms with E-state index in [0.29, 0.717) is 0 Å². The van der Waals surface area contributed by atoms with E-state index in [1.54, 1.807) is 0 Å². The molecule has 6 saturated heterocycles. The van der Waals surface area contributed by atoms with Gasteiger partial charge in [0.2, 0.25) is 0 Å². The molecule has 0 radical (unpaired) electrons. The van der Waals surface area contributed by atoms with Crippen molar-refractivity contribution in [2.24, 2.45) is 38.6 Å². The molecule has 9 heterocycles. The highest BCUT2D eigenvalue weighted by Crippen LogP contribution is 2.36. The molecular weight excluding hydrogens is 520 g/mol. The number of nitrogens with one attached hydrogen (secondary N) is 3. The van der Waals surface area contributed by atoms with E-state index in [2.05, 4.69) is 40.7 Å². The Morgan fingerprint density at radius 1 is 0.429 bits per heavy atom. The quantitative estimate of drug-likeness (QED) is 0.388. The molecule has 9 rings (SSSR count). The predicted octanol–water partition coefficient (Wildman–Crippen LogP) is 4.67. The summed E-state index contributed by atoms with van der Waals surface area (Å²) >= 11 is 0. The number of amidine groups is 3. The molecule has 3 unspecified atom stereocenters. The summed E-state index contributed by atoms with van der Waals surface area (Å²) in [5.41, 5.74) is 0. The van der Waals surface area contributed by atoms with E-state index < -0.39 is 0 Å². The molecule has 3 N–H and O–H groups in total. The predicted molar refractivity (Wildman–Crippen MR) is 176 cm³/mol. The van der Waals surface area contributed by atoms with Crippen molar-refractivity contribution in [3.63, 3.8) is 0 Å². The number of hydrogen-bond acceptors (Lipinski definition) is 8. The van der Waals surface area contributed by atoms with Gasteiger partial charge in [-0.05, 0) is 122 Å². The average molecular weight is 581 g/mol. The standard InChI is InChI=1S/C10H18N2.3C8H14N2/c1-3-9-4-2-6-12-8-7-11(5-1)10(9)12;3*1-3-7-4-2-6-10-8(7)9-5-1/h9-10H,1-8H2;3*7H,1-6H2,(H,9,10). The second-order valence-electron chi connectivity index (χ2n) is 14.1. The summed E-state index contributed by atoms with van der Waals surface area (Å²) in [6.45, 7) is 12.0. The van der Waals surface area contributed by atoms with Crippen molar-refractivity contribution < 1.29 is 0 Å². The van der Waals surface area contributed by atoms with E-state index >= 15 is 0 Å². The summed E-state index contributed by atoms with van der Waals surface area (Å²) in [5, 5.41) is 10.1. The monoisotopic (exact) mass is 580 g/mol.